The van der Waals surface area contributed by atoms with Crippen LogP contribution < -0.4 is 30.6 Å². The number of carbonyl (C=O) groups excluding carboxylic acids is 1. The van der Waals surface area contributed by atoms with Crippen LogP contribution in [0.4, 0.5) is 0 Å². The van der Waals surface area contributed by atoms with Crippen molar-refractivity contribution in [3.63, 3.8) is 0 Å². The van der Waals surface area contributed by atoms with Gasteiger partial charge in [-0.2, -0.15) is 0 Å². The highest BCUT2D eigenvalue weighted by atomic mass is 16.5. The smallest absolute Gasteiger partial charge is 0.267 e. The predicted molar refractivity (Wildman–Crippen MR) is 150 cm³/mol. The van der Waals surface area contributed by atoms with Gasteiger partial charge in [0.25, 0.3) is 11.5 Å². The molecule has 40 heavy (non-hydrogen) atoms. The Labute approximate surface area is 229 Å². The number of hydrogen-bond acceptors (Lipinski definition) is 7. The summed E-state index contributed by atoms with van der Waals surface area (Å²) in [5, 5.41) is 12.1. The summed E-state index contributed by atoms with van der Waals surface area (Å²) in [4.78, 5) is 31.5. The van der Waals surface area contributed by atoms with Gasteiger partial charge in [-0.15, -0.1) is 0 Å². The second-order valence-corrected chi connectivity index (χ2v) is 9.11. The zero-order chi connectivity index (χ0) is 28.2. The Balaban J connectivity index is 1.55. The van der Waals surface area contributed by atoms with Crippen molar-refractivity contribution in [2.24, 2.45) is 0 Å². The van der Waals surface area contributed by atoms with E-state index in [9.17, 15) is 9.59 Å². The number of nitrogens with zero attached hydrogens (tertiary/aromatic N) is 3. The van der Waals surface area contributed by atoms with Crippen molar-refractivity contribution in [1.82, 2.24) is 19.3 Å². The monoisotopic (exact) mass is 539 g/mol. The lowest BCUT2D eigenvalue weighted by Gasteiger charge is -2.15. The normalized spacial score (nSPS) is 11.0. The minimum Gasteiger partial charge on any atom is -0.497 e. The number of hydrogen-bond donors (Lipinski definition) is 2. The molecule has 5 rings (SSSR count). The number of pyridine rings is 2. The number of aromatic nitrogens is 3. The molecule has 0 unspecified atom stereocenters. The molecular formula is C30H29N5O5. The fraction of sp³-hybridized carbons (Fsp3) is 0.200. The van der Waals surface area contributed by atoms with Crippen LogP contribution in [0.1, 0.15) is 21.5 Å². The Morgan fingerprint density at radius 3 is 2.40 bits per heavy atom. The van der Waals surface area contributed by atoms with Gasteiger partial charge in [0, 0.05) is 19.3 Å². The fourth-order valence-electron chi connectivity index (χ4n) is 4.58. The van der Waals surface area contributed by atoms with Gasteiger partial charge in [0.15, 0.2) is 11.5 Å². The summed E-state index contributed by atoms with van der Waals surface area (Å²) in [5.74, 6) is 1.46. The molecule has 0 saturated carbocycles. The Hall–Kier alpha value is -5.12. The molecule has 0 atom stereocenters. The van der Waals surface area contributed by atoms with E-state index < -0.39 is 5.91 Å². The summed E-state index contributed by atoms with van der Waals surface area (Å²) in [7, 11) is 4.74. The number of aryl methyl sites for hydroxylation is 2. The molecule has 204 valence electrons. The van der Waals surface area contributed by atoms with Gasteiger partial charge >= 0.3 is 0 Å². The third-order valence-electron chi connectivity index (χ3n) is 6.75. The molecule has 0 bridgehead atoms. The van der Waals surface area contributed by atoms with Gasteiger partial charge in [-0.25, -0.2) is 4.98 Å². The van der Waals surface area contributed by atoms with Crippen LogP contribution >= 0.6 is 0 Å². The maximum Gasteiger partial charge on any atom is 0.267 e. The van der Waals surface area contributed by atoms with Gasteiger partial charge in [0.05, 0.1) is 32.3 Å². The van der Waals surface area contributed by atoms with Crippen molar-refractivity contribution < 1.29 is 19.0 Å². The number of nitrogens with one attached hydrogen (secondary N) is 2. The third kappa shape index (κ3) is 5.11. The number of ether oxygens (including phenoxy) is 3. The van der Waals surface area contributed by atoms with Crippen LogP contribution in [-0.2, 0) is 19.5 Å². The summed E-state index contributed by atoms with van der Waals surface area (Å²) < 4.78 is 19.0. The summed E-state index contributed by atoms with van der Waals surface area (Å²) in [6.07, 6.45) is 2.13. The Bertz CT molecular complexity index is 1830. The number of fused-ring (bicyclic) bond motifs is 2. The second kappa shape index (κ2) is 11.3. The highest BCUT2D eigenvalue weighted by molar-refractivity contribution is 5.96. The molecule has 0 radical (unpaired) electrons. The highest BCUT2D eigenvalue weighted by Crippen LogP contribution is 2.28. The lowest BCUT2D eigenvalue weighted by molar-refractivity contribution is 0.0948. The fourth-order valence-corrected chi connectivity index (χ4v) is 4.58. The van der Waals surface area contributed by atoms with Gasteiger partial charge in [-0.3, -0.25) is 19.4 Å². The summed E-state index contributed by atoms with van der Waals surface area (Å²) in [5.41, 5.74) is 2.34. The molecule has 2 aromatic carbocycles. The van der Waals surface area contributed by atoms with Crippen LogP contribution in [0.3, 0.4) is 0 Å². The van der Waals surface area contributed by atoms with Crippen LogP contribution in [0.5, 0.6) is 17.2 Å². The first-order valence-corrected chi connectivity index (χ1v) is 12.6. The van der Waals surface area contributed by atoms with Gasteiger partial charge < -0.3 is 24.1 Å². The van der Waals surface area contributed by atoms with Crippen LogP contribution in [0.15, 0.2) is 77.7 Å². The minimum absolute atomic E-state index is 0.0348. The molecule has 2 N–H and O–H groups in total. The van der Waals surface area contributed by atoms with Crippen LogP contribution in [0.25, 0.3) is 16.7 Å². The molecule has 0 spiro atoms. The summed E-state index contributed by atoms with van der Waals surface area (Å²) in [6, 6.07) is 19.7. The first kappa shape index (κ1) is 26.5. The Morgan fingerprint density at radius 1 is 0.925 bits per heavy atom. The molecule has 0 aliphatic carbocycles. The van der Waals surface area contributed by atoms with Crippen LogP contribution in [0, 0.1) is 5.41 Å². The van der Waals surface area contributed by atoms with E-state index >= 15 is 0 Å². The number of carbonyl (C=O) groups is 1. The average Bonchev–Trinajstić information content (AvgIpc) is 2.99. The molecule has 0 saturated heterocycles. The van der Waals surface area contributed by atoms with Crippen molar-refractivity contribution in [2.45, 2.75) is 19.5 Å². The maximum absolute atomic E-state index is 13.5. The van der Waals surface area contributed by atoms with Crippen molar-refractivity contribution in [3.8, 4) is 17.2 Å². The molecule has 3 heterocycles. The van der Waals surface area contributed by atoms with E-state index in [1.165, 1.54) is 10.5 Å². The van der Waals surface area contributed by atoms with Crippen LogP contribution in [-0.4, -0.2) is 41.2 Å². The predicted octanol–water partition coefficient (Wildman–Crippen LogP) is 3.33. The lowest BCUT2D eigenvalue weighted by Crippen LogP contribution is -2.35. The molecule has 0 fully saturated rings. The van der Waals surface area contributed by atoms with Crippen LogP contribution in [0.2, 0.25) is 0 Å². The first-order chi connectivity index (χ1) is 19.4. The third-order valence-corrected chi connectivity index (χ3v) is 6.75. The highest BCUT2D eigenvalue weighted by Gasteiger charge is 2.18. The van der Waals surface area contributed by atoms with Gasteiger partial charge in [0.1, 0.15) is 22.5 Å². The molecule has 3 aromatic heterocycles. The van der Waals surface area contributed by atoms with Crippen molar-refractivity contribution in [2.75, 3.05) is 21.3 Å². The molecule has 0 aliphatic heterocycles. The van der Waals surface area contributed by atoms with E-state index in [1.807, 2.05) is 42.5 Å². The quantitative estimate of drug-likeness (QED) is 0.277. The number of benzene rings is 2. The topological polar surface area (TPSA) is 120 Å². The SMILES string of the molecule is COc1ccc(CNC(=O)c2cc3c(=O)n4ccccc4nc3n(CCc3ccc(OC)c(OC)c3)c2=N)cc1. The van der Waals surface area contributed by atoms with Gasteiger partial charge in [-0.1, -0.05) is 24.3 Å². The van der Waals surface area contributed by atoms with Gasteiger partial charge in [-0.05, 0) is 60.0 Å². The molecule has 1 amide bonds. The first-order valence-electron chi connectivity index (χ1n) is 12.6. The zero-order valence-corrected chi connectivity index (χ0v) is 22.4. The van der Waals surface area contributed by atoms with Crippen molar-refractivity contribution in [3.05, 3.63) is 105 Å². The van der Waals surface area contributed by atoms with E-state index in [0.717, 1.165) is 11.1 Å². The van der Waals surface area contributed by atoms with Crippen molar-refractivity contribution in [1.29, 1.82) is 5.41 Å². The number of methoxy groups -OCH3 is 3. The van der Waals surface area contributed by atoms with E-state index in [-0.39, 0.29) is 28.5 Å². The molecular weight excluding hydrogens is 510 g/mol. The van der Waals surface area contributed by atoms with E-state index in [4.69, 9.17) is 24.6 Å². The number of rotatable bonds is 9. The average molecular weight is 540 g/mol. The molecule has 10 nitrogen and oxygen atoms in total. The molecule has 0 aliphatic rings. The Kier molecular flexibility index (Phi) is 7.50. The van der Waals surface area contributed by atoms with E-state index in [1.54, 1.807) is 50.3 Å². The molecule has 10 heteroatoms. The number of amides is 1. The summed E-state index contributed by atoms with van der Waals surface area (Å²) in [6.45, 7) is 0.556. The zero-order valence-electron chi connectivity index (χ0n) is 22.4. The standard InChI is InChI=1S/C30H29N5O5/c1-38-21-10-7-20(8-11-21)18-32-29(36)22-17-23-28(33-26-6-4-5-14-34(26)30(23)37)35(27(22)31)15-13-19-9-12-24(39-2)25(16-19)40-3/h4-12,14,16-17,31H,13,15,18H2,1-3H3,(H,32,36). The summed E-state index contributed by atoms with van der Waals surface area (Å²) >= 11 is 0. The van der Waals surface area contributed by atoms with Gasteiger partial charge in [0.2, 0.25) is 0 Å². The molecule has 5 aromatic rings. The maximum atomic E-state index is 13.5. The lowest BCUT2D eigenvalue weighted by atomic mass is 10.1. The Morgan fingerprint density at radius 2 is 1.68 bits per heavy atom. The second-order valence-electron chi connectivity index (χ2n) is 9.11. The minimum atomic E-state index is -0.458. The largest absolute Gasteiger partial charge is 0.497 e. The van der Waals surface area contributed by atoms with E-state index in [0.29, 0.717) is 41.5 Å². The van der Waals surface area contributed by atoms with Crippen molar-refractivity contribution >= 4 is 22.6 Å². The van der Waals surface area contributed by atoms with E-state index in [2.05, 4.69) is 5.32 Å².